The number of nitrogens with two attached hydrogens (primary N) is 1. The normalized spacial score (nSPS) is 11.0. The highest BCUT2D eigenvalue weighted by atomic mass is 79.9. The van der Waals surface area contributed by atoms with Crippen molar-refractivity contribution in [1.82, 2.24) is 4.98 Å². The summed E-state index contributed by atoms with van der Waals surface area (Å²) in [5.41, 5.74) is 8.20. The fraction of sp³-hybridized carbons (Fsp3) is 0.222. The highest BCUT2D eigenvalue weighted by molar-refractivity contribution is 9.10. The fourth-order valence-electron chi connectivity index (χ4n) is 1.19. The second-order valence-corrected chi connectivity index (χ2v) is 3.74. The van der Waals surface area contributed by atoms with Crippen LogP contribution in [0.1, 0.15) is 11.5 Å². The molecule has 4 heteroatoms. The van der Waals surface area contributed by atoms with Crippen molar-refractivity contribution < 1.29 is 4.42 Å². The van der Waals surface area contributed by atoms with E-state index >= 15 is 0 Å². The molecule has 2 rings (SSSR count). The van der Waals surface area contributed by atoms with Crippen LogP contribution in [0.3, 0.4) is 0 Å². The highest BCUT2D eigenvalue weighted by Gasteiger charge is 2.05. The van der Waals surface area contributed by atoms with E-state index in [2.05, 4.69) is 20.9 Å². The van der Waals surface area contributed by atoms with Crippen molar-refractivity contribution >= 4 is 27.0 Å². The number of benzene rings is 1. The van der Waals surface area contributed by atoms with E-state index in [1.165, 1.54) is 0 Å². The third-order valence-corrected chi connectivity index (χ3v) is 2.74. The van der Waals surface area contributed by atoms with E-state index in [1.807, 2.05) is 19.1 Å². The topological polar surface area (TPSA) is 52.0 Å². The SMILES string of the molecule is Cc1cc2nc(CN)oc2cc1Br. The Morgan fingerprint density at radius 1 is 1.54 bits per heavy atom. The summed E-state index contributed by atoms with van der Waals surface area (Å²) in [6.45, 7) is 2.35. The predicted octanol–water partition coefficient (Wildman–Crippen LogP) is 2.36. The lowest BCUT2D eigenvalue weighted by Crippen LogP contribution is -1.94. The van der Waals surface area contributed by atoms with Crippen molar-refractivity contribution in [3.63, 3.8) is 0 Å². The Hall–Kier alpha value is -0.870. The molecule has 0 fully saturated rings. The first-order valence-corrected chi connectivity index (χ1v) is 4.75. The Balaban J connectivity index is 2.70. The molecule has 0 aliphatic rings. The first-order valence-electron chi connectivity index (χ1n) is 3.96. The predicted molar refractivity (Wildman–Crippen MR) is 54.3 cm³/mol. The zero-order chi connectivity index (χ0) is 9.42. The van der Waals surface area contributed by atoms with Crippen LogP contribution in [-0.2, 0) is 6.54 Å². The Morgan fingerprint density at radius 2 is 2.31 bits per heavy atom. The first-order chi connectivity index (χ1) is 6.20. The molecule has 3 nitrogen and oxygen atoms in total. The van der Waals surface area contributed by atoms with Crippen molar-refractivity contribution in [2.24, 2.45) is 5.73 Å². The summed E-state index contributed by atoms with van der Waals surface area (Å²) in [5.74, 6) is 0.576. The lowest BCUT2D eigenvalue weighted by Gasteiger charge is -1.94. The quantitative estimate of drug-likeness (QED) is 0.833. The minimum absolute atomic E-state index is 0.339. The molecule has 0 atom stereocenters. The summed E-state index contributed by atoms with van der Waals surface area (Å²) in [6.07, 6.45) is 0. The monoisotopic (exact) mass is 240 g/mol. The smallest absolute Gasteiger partial charge is 0.209 e. The Labute approximate surface area is 84.1 Å². The summed E-state index contributed by atoms with van der Waals surface area (Å²) in [7, 11) is 0. The van der Waals surface area contributed by atoms with Gasteiger partial charge in [0.05, 0.1) is 6.54 Å². The molecule has 0 aliphatic heterocycles. The first kappa shape index (κ1) is 8.72. The van der Waals surface area contributed by atoms with Gasteiger partial charge in [0.2, 0.25) is 5.89 Å². The van der Waals surface area contributed by atoms with Gasteiger partial charge in [0.15, 0.2) is 5.58 Å². The molecular weight excluding hydrogens is 232 g/mol. The number of oxazole rings is 1. The average molecular weight is 241 g/mol. The van der Waals surface area contributed by atoms with Gasteiger partial charge >= 0.3 is 0 Å². The van der Waals surface area contributed by atoms with Crippen molar-refractivity contribution in [1.29, 1.82) is 0 Å². The molecule has 1 aromatic carbocycles. The van der Waals surface area contributed by atoms with Crippen molar-refractivity contribution in [3.05, 3.63) is 28.1 Å². The molecule has 2 aromatic rings. The third-order valence-electron chi connectivity index (χ3n) is 1.89. The van der Waals surface area contributed by atoms with Crippen molar-refractivity contribution in [2.45, 2.75) is 13.5 Å². The number of fused-ring (bicyclic) bond motifs is 1. The fourth-order valence-corrected chi connectivity index (χ4v) is 1.51. The van der Waals surface area contributed by atoms with Crippen LogP contribution in [0, 0.1) is 6.92 Å². The van der Waals surface area contributed by atoms with Gasteiger partial charge < -0.3 is 10.2 Å². The molecule has 0 unspecified atom stereocenters. The summed E-state index contributed by atoms with van der Waals surface area (Å²) < 4.78 is 6.41. The summed E-state index contributed by atoms with van der Waals surface area (Å²) >= 11 is 3.43. The van der Waals surface area contributed by atoms with Gasteiger partial charge in [-0.1, -0.05) is 15.9 Å². The summed E-state index contributed by atoms with van der Waals surface area (Å²) in [4.78, 5) is 4.22. The van der Waals surface area contributed by atoms with E-state index < -0.39 is 0 Å². The van der Waals surface area contributed by atoms with Crippen LogP contribution in [0.15, 0.2) is 21.0 Å². The number of nitrogens with zero attached hydrogens (tertiary/aromatic N) is 1. The van der Waals surface area contributed by atoms with Gasteiger partial charge in [0, 0.05) is 4.47 Å². The number of hydrogen-bond acceptors (Lipinski definition) is 3. The molecule has 1 aromatic heterocycles. The molecule has 0 aliphatic carbocycles. The van der Waals surface area contributed by atoms with Gasteiger partial charge in [-0.15, -0.1) is 0 Å². The molecule has 0 spiro atoms. The lowest BCUT2D eigenvalue weighted by atomic mass is 10.2. The van der Waals surface area contributed by atoms with Crippen molar-refractivity contribution in [3.8, 4) is 0 Å². The van der Waals surface area contributed by atoms with Crippen LogP contribution >= 0.6 is 15.9 Å². The number of aromatic nitrogens is 1. The van der Waals surface area contributed by atoms with Gasteiger partial charge in [0.1, 0.15) is 5.52 Å². The molecule has 68 valence electrons. The van der Waals surface area contributed by atoms with Gasteiger partial charge in [-0.05, 0) is 24.6 Å². The van der Waals surface area contributed by atoms with Crippen LogP contribution in [0.4, 0.5) is 0 Å². The van der Waals surface area contributed by atoms with Crippen LogP contribution in [-0.4, -0.2) is 4.98 Å². The van der Waals surface area contributed by atoms with Gasteiger partial charge in [-0.25, -0.2) is 4.98 Å². The molecule has 0 saturated carbocycles. The van der Waals surface area contributed by atoms with Gasteiger partial charge in [-0.2, -0.15) is 0 Å². The molecule has 13 heavy (non-hydrogen) atoms. The second kappa shape index (κ2) is 3.12. The molecule has 1 heterocycles. The number of halogens is 1. The Kier molecular flexibility index (Phi) is 2.09. The zero-order valence-corrected chi connectivity index (χ0v) is 8.76. The zero-order valence-electron chi connectivity index (χ0n) is 7.17. The molecule has 0 bridgehead atoms. The minimum Gasteiger partial charge on any atom is -0.439 e. The lowest BCUT2D eigenvalue weighted by molar-refractivity contribution is 0.533. The average Bonchev–Trinajstić information content (AvgIpc) is 2.48. The van der Waals surface area contributed by atoms with E-state index in [-0.39, 0.29) is 0 Å². The van der Waals surface area contributed by atoms with Crippen LogP contribution in [0.25, 0.3) is 11.1 Å². The van der Waals surface area contributed by atoms with E-state index in [4.69, 9.17) is 10.2 Å². The maximum Gasteiger partial charge on any atom is 0.209 e. The van der Waals surface area contributed by atoms with Crippen LogP contribution < -0.4 is 5.73 Å². The molecule has 0 radical (unpaired) electrons. The maximum atomic E-state index is 5.42. The molecule has 2 N–H and O–H groups in total. The Bertz CT molecular complexity index is 411. The van der Waals surface area contributed by atoms with Gasteiger partial charge in [0.25, 0.3) is 0 Å². The largest absolute Gasteiger partial charge is 0.439 e. The summed E-state index contributed by atoms with van der Waals surface area (Å²) in [6, 6.07) is 3.89. The Morgan fingerprint density at radius 3 is 3.00 bits per heavy atom. The standard InChI is InChI=1S/C9H9BrN2O/c1-5-2-7-8(3-6(5)10)13-9(4-11)12-7/h2-3H,4,11H2,1H3. The van der Waals surface area contributed by atoms with Crippen LogP contribution in [0.5, 0.6) is 0 Å². The van der Waals surface area contributed by atoms with Gasteiger partial charge in [-0.3, -0.25) is 0 Å². The third kappa shape index (κ3) is 1.47. The maximum absolute atomic E-state index is 5.42. The number of aryl methyl sites for hydroxylation is 1. The number of hydrogen-bond donors (Lipinski definition) is 1. The van der Waals surface area contributed by atoms with Crippen molar-refractivity contribution in [2.75, 3.05) is 0 Å². The van der Waals surface area contributed by atoms with E-state index in [9.17, 15) is 0 Å². The second-order valence-electron chi connectivity index (χ2n) is 2.88. The van der Waals surface area contributed by atoms with E-state index in [0.29, 0.717) is 12.4 Å². The van der Waals surface area contributed by atoms with E-state index in [1.54, 1.807) is 0 Å². The number of rotatable bonds is 1. The van der Waals surface area contributed by atoms with Crippen LogP contribution in [0.2, 0.25) is 0 Å². The molecular formula is C9H9BrN2O. The summed E-state index contributed by atoms with van der Waals surface area (Å²) in [5, 5.41) is 0. The minimum atomic E-state index is 0.339. The molecule has 0 saturated heterocycles. The molecule has 0 amide bonds. The van der Waals surface area contributed by atoms with E-state index in [0.717, 1.165) is 21.1 Å². The highest BCUT2D eigenvalue weighted by Crippen LogP contribution is 2.24.